The minimum atomic E-state index is -0.299. The van der Waals surface area contributed by atoms with E-state index >= 15 is 0 Å². The molecule has 0 unspecified atom stereocenters. The Morgan fingerprint density at radius 2 is 1.81 bits per heavy atom. The highest BCUT2D eigenvalue weighted by Crippen LogP contribution is 2.35. The van der Waals surface area contributed by atoms with Gasteiger partial charge in [0.2, 0.25) is 0 Å². The van der Waals surface area contributed by atoms with Gasteiger partial charge in [-0.25, -0.2) is 0 Å². The minimum absolute atomic E-state index is 0.165. The van der Waals surface area contributed by atoms with Crippen LogP contribution in [0.2, 0.25) is 0 Å². The van der Waals surface area contributed by atoms with E-state index in [1.807, 2.05) is 35.3 Å². The van der Waals surface area contributed by atoms with E-state index in [1.54, 1.807) is 0 Å². The number of rotatable bonds is 1. The monoisotopic (exact) mass is 217 g/mol. The van der Waals surface area contributed by atoms with Crippen molar-refractivity contribution in [1.29, 1.82) is 0 Å². The van der Waals surface area contributed by atoms with Crippen molar-refractivity contribution in [2.24, 2.45) is 0 Å². The fourth-order valence-corrected chi connectivity index (χ4v) is 2.54. The number of piperidine rings is 1. The van der Waals surface area contributed by atoms with Crippen molar-refractivity contribution in [3.8, 4) is 0 Å². The van der Waals surface area contributed by atoms with E-state index in [1.165, 1.54) is 0 Å². The van der Waals surface area contributed by atoms with Crippen LogP contribution in [-0.4, -0.2) is 24.5 Å². The molecule has 2 aliphatic rings. The van der Waals surface area contributed by atoms with Gasteiger partial charge in [0.15, 0.2) is 0 Å². The van der Waals surface area contributed by atoms with E-state index in [0.717, 1.165) is 31.6 Å². The molecule has 1 spiro atoms. The second-order valence-corrected chi connectivity index (χ2v) is 4.39. The maximum Gasteiger partial charge on any atom is 0.266 e. The number of anilines is 1. The first-order valence-electron chi connectivity index (χ1n) is 5.70. The maximum atomic E-state index is 11.8. The molecule has 1 aromatic rings. The third-order valence-electron chi connectivity index (χ3n) is 3.51. The number of hydrogen-bond donors (Lipinski definition) is 2. The number of hydrazine groups is 1. The van der Waals surface area contributed by atoms with E-state index < -0.39 is 0 Å². The highest BCUT2D eigenvalue weighted by molar-refractivity contribution is 5.98. The lowest BCUT2D eigenvalue weighted by molar-refractivity contribution is -0.136. The maximum absolute atomic E-state index is 11.8. The van der Waals surface area contributed by atoms with Crippen LogP contribution in [0, 0.1) is 0 Å². The number of carbonyl (C=O) groups is 1. The molecule has 0 radical (unpaired) electrons. The van der Waals surface area contributed by atoms with Crippen LogP contribution in [0.25, 0.3) is 0 Å². The Bertz CT molecular complexity index is 398. The van der Waals surface area contributed by atoms with Crippen LogP contribution in [0.4, 0.5) is 5.69 Å². The van der Waals surface area contributed by atoms with Crippen molar-refractivity contribution in [2.45, 2.75) is 18.4 Å². The molecule has 2 fully saturated rings. The van der Waals surface area contributed by atoms with Gasteiger partial charge in [-0.1, -0.05) is 18.2 Å². The molecule has 84 valence electrons. The predicted molar refractivity (Wildman–Crippen MR) is 61.9 cm³/mol. The Kier molecular flexibility index (Phi) is 2.11. The highest BCUT2D eigenvalue weighted by Gasteiger charge is 2.53. The summed E-state index contributed by atoms with van der Waals surface area (Å²) >= 11 is 0. The quantitative estimate of drug-likeness (QED) is 0.726. The summed E-state index contributed by atoms with van der Waals surface area (Å²) in [7, 11) is 0. The summed E-state index contributed by atoms with van der Waals surface area (Å²) in [4.78, 5) is 11.8. The fraction of sp³-hybridized carbons (Fsp3) is 0.417. The lowest BCUT2D eigenvalue weighted by atomic mass is 9.83. The van der Waals surface area contributed by atoms with Gasteiger partial charge in [0, 0.05) is 0 Å². The lowest BCUT2D eigenvalue weighted by Crippen LogP contribution is -2.78. The summed E-state index contributed by atoms with van der Waals surface area (Å²) in [6.45, 7) is 1.83. The molecule has 2 aliphatic heterocycles. The first kappa shape index (κ1) is 9.66. The Morgan fingerprint density at radius 1 is 1.12 bits per heavy atom. The SMILES string of the molecule is O=C1NN(c2ccccc2)C12CCNCC2. The Morgan fingerprint density at radius 3 is 2.44 bits per heavy atom. The summed E-state index contributed by atoms with van der Waals surface area (Å²) in [5.41, 5.74) is 3.66. The number of nitrogens with one attached hydrogen (secondary N) is 2. The third kappa shape index (κ3) is 1.23. The summed E-state index contributed by atoms with van der Waals surface area (Å²) in [5, 5.41) is 5.32. The number of hydrogen-bond acceptors (Lipinski definition) is 3. The normalized spacial score (nSPS) is 22.8. The number of para-hydroxylation sites is 1. The molecule has 2 saturated heterocycles. The first-order chi connectivity index (χ1) is 7.83. The van der Waals surface area contributed by atoms with Gasteiger partial charge in [-0.15, -0.1) is 0 Å². The van der Waals surface area contributed by atoms with Crippen LogP contribution >= 0.6 is 0 Å². The van der Waals surface area contributed by atoms with Gasteiger partial charge in [-0.3, -0.25) is 15.2 Å². The van der Waals surface area contributed by atoms with E-state index in [2.05, 4.69) is 10.7 Å². The number of carbonyl (C=O) groups excluding carboxylic acids is 1. The number of nitrogens with zero attached hydrogens (tertiary/aromatic N) is 1. The van der Waals surface area contributed by atoms with E-state index in [4.69, 9.17) is 0 Å². The molecule has 1 aromatic carbocycles. The predicted octanol–water partition coefficient (Wildman–Crippen LogP) is 0.660. The number of amides is 1. The molecule has 4 heteroatoms. The highest BCUT2D eigenvalue weighted by atomic mass is 16.2. The van der Waals surface area contributed by atoms with Crippen LogP contribution in [0.3, 0.4) is 0 Å². The van der Waals surface area contributed by atoms with Crippen molar-refractivity contribution >= 4 is 11.6 Å². The van der Waals surface area contributed by atoms with Crippen molar-refractivity contribution < 1.29 is 4.79 Å². The van der Waals surface area contributed by atoms with Gasteiger partial charge in [-0.2, -0.15) is 0 Å². The molecule has 2 heterocycles. The van der Waals surface area contributed by atoms with Crippen LogP contribution < -0.4 is 15.8 Å². The van der Waals surface area contributed by atoms with E-state index in [0.29, 0.717) is 0 Å². The molecule has 3 rings (SSSR count). The standard InChI is InChI=1S/C12H15N3O/c16-11-12(6-8-13-9-7-12)15(14-11)10-4-2-1-3-5-10/h1-5,13H,6-9H2,(H,14,16). The zero-order valence-electron chi connectivity index (χ0n) is 9.07. The van der Waals surface area contributed by atoms with Gasteiger partial charge in [0.25, 0.3) is 5.91 Å². The van der Waals surface area contributed by atoms with Crippen molar-refractivity contribution in [3.05, 3.63) is 30.3 Å². The van der Waals surface area contributed by atoms with Crippen LogP contribution in [0.1, 0.15) is 12.8 Å². The average molecular weight is 217 g/mol. The van der Waals surface area contributed by atoms with E-state index in [-0.39, 0.29) is 11.4 Å². The van der Waals surface area contributed by atoms with E-state index in [9.17, 15) is 4.79 Å². The lowest BCUT2D eigenvalue weighted by Gasteiger charge is -2.54. The fourth-order valence-electron chi connectivity index (χ4n) is 2.54. The topological polar surface area (TPSA) is 44.4 Å². The molecule has 0 bridgehead atoms. The van der Waals surface area contributed by atoms with Crippen LogP contribution in [-0.2, 0) is 4.79 Å². The molecular weight excluding hydrogens is 202 g/mol. The molecule has 0 aliphatic carbocycles. The smallest absolute Gasteiger partial charge is 0.266 e. The molecule has 0 saturated carbocycles. The largest absolute Gasteiger partial charge is 0.317 e. The third-order valence-corrected chi connectivity index (χ3v) is 3.51. The van der Waals surface area contributed by atoms with Gasteiger partial charge in [-0.05, 0) is 38.1 Å². The molecule has 16 heavy (non-hydrogen) atoms. The number of benzene rings is 1. The van der Waals surface area contributed by atoms with Crippen LogP contribution in [0.15, 0.2) is 30.3 Å². The summed E-state index contributed by atoms with van der Waals surface area (Å²) in [6, 6.07) is 10.0. The van der Waals surface area contributed by atoms with Crippen molar-refractivity contribution in [3.63, 3.8) is 0 Å². The summed E-state index contributed by atoms with van der Waals surface area (Å²) in [5.74, 6) is 0.165. The second kappa shape index (κ2) is 3.49. The zero-order chi connectivity index (χ0) is 11.0. The molecule has 0 aromatic heterocycles. The molecular formula is C12H15N3O. The van der Waals surface area contributed by atoms with Gasteiger partial charge < -0.3 is 5.32 Å². The minimum Gasteiger partial charge on any atom is -0.317 e. The summed E-state index contributed by atoms with van der Waals surface area (Å²) < 4.78 is 0. The second-order valence-electron chi connectivity index (χ2n) is 4.39. The van der Waals surface area contributed by atoms with Gasteiger partial charge in [0.1, 0.15) is 5.54 Å². The van der Waals surface area contributed by atoms with Crippen molar-refractivity contribution in [2.75, 3.05) is 18.1 Å². The Labute approximate surface area is 94.6 Å². The van der Waals surface area contributed by atoms with Gasteiger partial charge in [0.05, 0.1) is 5.69 Å². The average Bonchev–Trinajstić information content (AvgIpc) is 2.38. The zero-order valence-corrected chi connectivity index (χ0v) is 9.07. The molecule has 2 N–H and O–H groups in total. The summed E-state index contributed by atoms with van der Waals surface area (Å²) in [6.07, 6.45) is 1.77. The van der Waals surface area contributed by atoms with Crippen molar-refractivity contribution in [1.82, 2.24) is 10.7 Å². The Hall–Kier alpha value is -1.55. The molecule has 1 amide bonds. The molecule has 0 atom stereocenters. The van der Waals surface area contributed by atoms with Gasteiger partial charge >= 0.3 is 0 Å². The first-order valence-corrected chi connectivity index (χ1v) is 5.70. The van der Waals surface area contributed by atoms with Crippen LogP contribution in [0.5, 0.6) is 0 Å². The Balaban J connectivity index is 1.90. The molecule has 4 nitrogen and oxygen atoms in total.